The second-order valence-electron chi connectivity index (χ2n) is 8.40. The number of esters is 3. The average Bonchev–Trinajstić information content (AvgIpc) is 2.97. The van der Waals surface area contributed by atoms with E-state index in [0.29, 0.717) is 17.2 Å². The monoisotopic (exact) mass is 542 g/mol. The Morgan fingerprint density at radius 2 is 1.05 bits per heavy atom. The third-order valence-corrected chi connectivity index (χ3v) is 5.37. The van der Waals surface area contributed by atoms with Gasteiger partial charge in [0.1, 0.15) is 43.7 Å². The van der Waals surface area contributed by atoms with Gasteiger partial charge >= 0.3 is 17.9 Å². The molecule has 0 aliphatic heterocycles. The van der Waals surface area contributed by atoms with Gasteiger partial charge in [-0.2, -0.15) is 0 Å². The molecule has 0 heterocycles. The van der Waals surface area contributed by atoms with Crippen molar-refractivity contribution in [1.29, 1.82) is 0 Å². The van der Waals surface area contributed by atoms with Crippen LogP contribution in [0.2, 0.25) is 0 Å². The molecule has 8 heteroatoms. The Balaban J connectivity index is 1.77. The fourth-order valence-corrected chi connectivity index (χ4v) is 3.39. The lowest BCUT2D eigenvalue weighted by molar-refractivity contribution is -0.139. The summed E-state index contributed by atoms with van der Waals surface area (Å²) in [5, 5.41) is 0. The van der Waals surface area contributed by atoms with Gasteiger partial charge < -0.3 is 23.7 Å². The SMILES string of the molecule is C=CC(=O)OCCOc1ccc(-c2cc(OC(=O)C(=C)C)cc(-c3ccc(OCCOC(=O)C=C)cc3)c2)cc1. The highest BCUT2D eigenvalue weighted by atomic mass is 16.6. The minimum absolute atomic E-state index is 0.110. The summed E-state index contributed by atoms with van der Waals surface area (Å²) in [5.74, 6) is 0.0576. The Morgan fingerprint density at radius 1 is 0.625 bits per heavy atom. The number of hydrogen-bond donors (Lipinski definition) is 0. The molecule has 3 aromatic rings. The zero-order valence-electron chi connectivity index (χ0n) is 22.2. The van der Waals surface area contributed by atoms with Crippen molar-refractivity contribution in [3.8, 4) is 39.5 Å². The minimum Gasteiger partial charge on any atom is -0.490 e. The standard InChI is InChI=1S/C32H30O8/c1-5-30(33)38-17-15-36-27-11-7-23(8-12-27)25-19-26(21-29(20-25)40-32(35)22(3)4)24-9-13-28(14-10-24)37-16-18-39-31(34)6-2/h5-14,19-21H,1-3,15-18H2,4H3. The molecule has 0 fully saturated rings. The van der Waals surface area contributed by atoms with Crippen molar-refractivity contribution < 1.29 is 38.1 Å². The highest BCUT2D eigenvalue weighted by molar-refractivity contribution is 5.89. The van der Waals surface area contributed by atoms with E-state index in [4.69, 9.17) is 23.7 Å². The molecule has 0 radical (unpaired) electrons. The maximum atomic E-state index is 12.2. The van der Waals surface area contributed by atoms with E-state index >= 15 is 0 Å². The second-order valence-corrected chi connectivity index (χ2v) is 8.40. The molecule has 8 nitrogen and oxygen atoms in total. The summed E-state index contributed by atoms with van der Waals surface area (Å²) in [6.45, 7) is 12.6. The van der Waals surface area contributed by atoms with Crippen LogP contribution in [0.5, 0.6) is 17.2 Å². The van der Waals surface area contributed by atoms with E-state index < -0.39 is 17.9 Å². The van der Waals surface area contributed by atoms with E-state index in [1.165, 1.54) is 0 Å². The van der Waals surface area contributed by atoms with E-state index in [1.54, 1.807) is 43.3 Å². The van der Waals surface area contributed by atoms with E-state index in [2.05, 4.69) is 19.7 Å². The lowest BCUT2D eigenvalue weighted by Crippen LogP contribution is -2.10. The number of hydrogen-bond acceptors (Lipinski definition) is 8. The topological polar surface area (TPSA) is 97.4 Å². The molecule has 0 amide bonds. The Bertz CT molecular complexity index is 1280. The Kier molecular flexibility index (Phi) is 10.8. The van der Waals surface area contributed by atoms with E-state index in [9.17, 15) is 14.4 Å². The molecular formula is C32H30O8. The summed E-state index contributed by atoms with van der Waals surface area (Å²) < 4.78 is 26.6. The van der Waals surface area contributed by atoms with Crippen molar-refractivity contribution >= 4 is 17.9 Å². The average molecular weight is 543 g/mol. The summed E-state index contributed by atoms with van der Waals surface area (Å²) in [6.07, 6.45) is 2.19. The first-order chi connectivity index (χ1) is 19.3. The number of carbonyl (C=O) groups is 3. The predicted molar refractivity (Wildman–Crippen MR) is 151 cm³/mol. The van der Waals surface area contributed by atoms with Gasteiger partial charge in [-0.05, 0) is 71.6 Å². The lowest BCUT2D eigenvalue weighted by Gasteiger charge is -2.13. The van der Waals surface area contributed by atoms with E-state index in [1.807, 2.05) is 30.3 Å². The van der Waals surface area contributed by atoms with Gasteiger partial charge in [0, 0.05) is 17.7 Å². The smallest absolute Gasteiger partial charge is 0.338 e. The number of benzene rings is 3. The van der Waals surface area contributed by atoms with Crippen LogP contribution in [-0.2, 0) is 23.9 Å². The van der Waals surface area contributed by atoms with Crippen LogP contribution in [0.1, 0.15) is 6.92 Å². The van der Waals surface area contributed by atoms with Crippen LogP contribution in [0.4, 0.5) is 0 Å². The summed E-state index contributed by atoms with van der Waals surface area (Å²) in [7, 11) is 0. The van der Waals surface area contributed by atoms with Crippen LogP contribution in [0.25, 0.3) is 22.3 Å². The van der Waals surface area contributed by atoms with Gasteiger partial charge in [0.25, 0.3) is 0 Å². The molecule has 0 bridgehead atoms. The van der Waals surface area contributed by atoms with Gasteiger partial charge in [-0.25, -0.2) is 14.4 Å². The van der Waals surface area contributed by atoms with Crippen LogP contribution >= 0.6 is 0 Å². The molecule has 206 valence electrons. The zero-order chi connectivity index (χ0) is 28.9. The molecule has 0 aromatic heterocycles. The third-order valence-electron chi connectivity index (χ3n) is 5.37. The lowest BCUT2D eigenvalue weighted by atomic mass is 9.98. The molecule has 3 aromatic carbocycles. The van der Waals surface area contributed by atoms with Crippen molar-refractivity contribution in [2.45, 2.75) is 6.92 Å². The van der Waals surface area contributed by atoms with Crippen molar-refractivity contribution in [2.75, 3.05) is 26.4 Å². The first-order valence-corrected chi connectivity index (χ1v) is 12.4. The van der Waals surface area contributed by atoms with E-state index in [0.717, 1.165) is 34.4 Å². The van der Waals surface area contributed by atoms with Crippen LogP contribution in [0, 0.1) is 0 Å². The van der Waals surface area contributed by atoms with Gasteiger partial charge in [-0.15, -0.1) is 0 Å². The zero-order valence-corrected chi connectivity index (χ0v) is 22.2. The third kappa shape index (κ3) is 9.02. The molecule has 40 heavy (non-hydrogen) atoms. The van der Waals surface area contributed by atoms with Gasteiger partial charge in [0.15, 0.2) is 0 Å². The number of rotatable bonds is 14. The van der Waals surface area contributed by atoms with Crippen molar-refractivity contribution in [1.82, 2.24) is 0 Å². The van der Waals surface area contributed by atoms with Crippen LogP contribution in [0.3, 0.4) is 0 Å². The molecule has 0 N–H and O–H groups in total. The van der Waals surface area contributed by atoms with Gasteiger partial charge in [0.05, 0.1) is 0 Å². The molecular weight excluding hydrogens is 512 g/mol. The highest BCUT2D eigenvalue weighted by Gasteiger charge is 2.11. The molecule has 3 rings (SSSR count). The second kappa shape index (κ2) is 14.7. The molecule has 0 atom stereocenters. The first kappa shape index (κ1) is 29.4. The molecule has 0 aliphatic rings. The Labute approximate surface area is 233 Å². The molecule has 0 unspecified atom stereocenters. The predicted octanol–water partition coefficient (Wildman–Crippen LogP) is 5.72. The van der Waals surface area contributed by atoms with Crippen LogP contribution in [-0.4, -0.2) is 44.3 Å². The van der Waals surface area contributed by atoms with Crippen LogP contribution < -0.4 is 14.2 Å². The van der Waals surface area contributed by atoms with Crippen molar-refractivity contribution in [2.24, 2.45) is 0 Å². The van der Waals surface area contributed by atoms with Gasteiger partial charge in [-0.3, -0.25) is 0 Å². The Morgan fingerprint density at radius 3 is 1.43 bits per heavy atom. The quantitative estimate of drug-likeness (QED) is 0.110. The fraction of sp³-hybridized carbons (Fsp3) is 0.156. The fourth-order valence-electron chi connectivity index (χ4n) is 3.39. The van der Waals surface area contributed by atoms with Gasteiger partial charge in [-0.1, -0.05) is 44.0 Å². The maximum Gasteiger partial charge on any atom is 0.338 e. The number of carbonyl (C=O) groups excluding carboxylic acids is 3. The van der Waals surface area contributed by atoms with Crippen molar-refractivity contribution in [3.63, 3.8) is 0 Å². The van der Waals surface area contributed by atoms with Gasteiger partial charge in [0.2, 0.25) is 0 Å². The molecule has 0 spiro atoms. The van der Waals surface area contributed by atoms with Crippen molar-refractivity contribution in [3.05, 3.63) is 104 Å². The summed E-state index contributed by atoms with van der Waals surface area (Å²) in [5.41, 5.74) is 3.66. The normalized spacial score (nSPS) is 10.1. The Hall–Kier alpha value is -5.11. The summed E-state index contributed by atoms with van der Waals surface area (Å²) in [6, 6.07) is 20.3. The van der Waals surface area contributed by atoms with Crippen LogP contribution in [0.15, 0.2) is 104 Å². The first-order valence-electron chi connectivity index (χ1n) is 12.4. The maximum absolute atomic E-state index is 12.2. The number of ether oxygens (including phenoxy) is 5. The highest BCUT2D eigenvalue weighted by Crippen LogP contribution is 2.33. The molecule has 0 saturated heterocycles. The van der Waals surface area contributed by atoms with E-state index in [-0.39, 0.29) is 32.0 Å². The molecule has 0 aliphatic carbocycles. The minimum atomic E-state index is -0.523. The summed E-state index contributed by atoms with van der Waals surface area (Å²) >= 11 is 0. The largest absolute Gasteiger partial charge is 0.490 e. The molecule has 0 saturated carbocycles. The summed E-state index contributed by atoms with van der Waals surface area (Å²) in [4.78, 5) is 34.5.